The molecule has 1 heterocycles. The molecule has 0 aromatic heterocycles. The van der Waals surface area contributed by atoms with Crippen LogP contribution >= 0.6 is 0 Å². The van der Waals surface area contributed by atoms with E-state index in [1.54, 1.807) is 0 Å². The number of hydrogen-bond donors (Lipinski definition) is 1. The molecule has 0 radical (unpaired) electrons. The van der Waals surface area contributed by atoms with Crippen molar-refractivity contribution in [2.24, 2.45) is 11.8 Å². The number of carbonyl (C=O) groups excluding carboxylic acids is 1. The van der Waals surface area contributed by atoms with Gasteiger partial charge in [0.25, 0.3) is 0 Å². The van der Waals surface area contributed by atoms with Crippen LogP contribution in [0.2, 0.25) is 0 Å². The molecule has 94 valence electrons. The molecule has 0 aliphatic carbocycles. The molecule has 4 nitrogen and oxygen atoms in total. The number of methoxy groups -OCH3 is 1. The maximum absolute atomic E-state index is 11.5. The van der Waals surface area contributed by atoms with Crippen molar-refractivity contribution in [3.05, 3.63) is 0 Å². The Morgan fingerprint density at radius 2 is 2.25 bits per heavy atom. The van der Waals surface area contributed by atoms with E-state index in [9.17, 15) is 9.90 Å². The van der Waals surface area contributed by atoms with E-state index in [4.69, 9.17) is 4.74 Å². The van der Waals surface area contributed by atoms with E-state index in [0.29, 0.717) is 18.9 Å². The molecule has 0 saturated carbocycles. The number of hydrogen-bond acceptors (Lipinski definition) is 4. The topological polar surface area (TPSA) is 49.8 Å². The van der Waals surface area contributed by atoms with Crippen molar-refractivity contribution < 1.29 is 14.6 Å². The lowest BCUT2D eigenvalue weighted by Gasteiger charge is -2.34. The van der Waals surface area contributed by atoms with Crippen molar-refractivity contribution in [2.75, 3.05) is 26.7 Å². The molecule has 1 rings (SSSR count). The van der Waals surface area contributed by atoms with Gasteiger partial charge < -0.3 is 14.7 Å². The lowest BCUT2D eigenvalue weighted by Crippen LogP contribution is -2.47. The molecule has 0 aromatic rings. The van der Waals surface area contributed by atoms with Gasteiger partial charge in [0.2, 0.25) is 0 Å². The monoisotopic (exact) mass is 229 g/mol. The Kier molecular flexibility index (Phi) is 5.22. The van der Waals surface area contributed by atoms with Gasteiger partial charge in [0.05, 0.1) is 19.1 Å². The highest BCUT2D eigenvalue weighted by Gasteiger charge is 2.33. The molecular weight excluding hydrogens is 206 g/mol. The summed E-state index contributed by atoms with van der Waals surface area (Å²) in [5.74, 6) is 0.0103. The first-order chi connectivity index (χ1) is 7.54. The molecule has 4 heteroatoms. The summed E-state index contributed by atoms with van der Waals surface area (Å²) < 4.78 is 4.71. The number of esters is 1. The van der Waals surface area contributed by atoms with E-state index < -0.39 is 6.10 Å². The molecule has 0 aromatic carbocycles. The van der Waals surface area contributed by atoms with E-state index in [2.05, 4.69) is 18.7 Å². The molecule has 1 aliphatic rings. The van der Waals surface area contributed by atoms with Gasteiger partial charge in [-0.15, -0.1) is 0 Å². The summed E-state index contributed by atoms with van der Waals surface area (Å²) in [5.41, 5.74) is 0. The fourth-order valence-corrected chi connectivity index (χ4v) is 2.03. The van der Waals surface area contributed by atoms with E-state index in [-0.39, 0.29) is 11.9 Å². The molecule has 1 aliphatic heterocycles. The number of aliphatic hydroxyl groups is 1. The Morgan fingerprint density at radius 1 is 1.56 bits per heavy atom. The van der Waals surface area contributed by atoms with Crippen molar-refractivity contribution in [3.63, 3.8) is 0 Å². The van der Waals surface area contributed by atoms with Crippen molar-refractivity contribution >= 4 is 5.97 Å². The van der Waals surface area contributed by atoms with Crippen LogP contribution in [-0.2, 0) is 9.53 Å². The molecule has 2 atom stereocenters. The molecule has 0 spiro atoms. The Labute approximate surface area is 97.6 Å². The van der Waals surface area contributed by atoms with Gasteiger partial charge in [-0.05, 0) is 25.3 Å². The third kappa shape index (κ3) is 3.76. The molecule has 1 saturated heterocycles. The predicted octanol–water partition coefficient (Wildman–Crippen LogP) is 0.888. The number of aliphatic hydroxyl groups excluding tert-OH is 1. The minimum absolute atomic E-state index is 0.290. The summed E-state index contributed by atoms with van der Waals surface area (Å²) in [7, 11) is 1.38. The third-order valence-electron chi connectivity index (χ3n) is 3.19. The van der Waals surface area contributed by atoms with Crippen LogP contribution in [0.25, 0.3) is 0 Å². The fraction of sp³-hybridized carbons (Fsp3) is 0.917. The third-order valence-corrected chi connectivity index (χ3v) is 3.19. The van der Waals surface area contributed by atoms with E-state index in [0.717, 1.165) is 19.5 Å². The summed E-state index contributed by atoms with van der Waals surface area (Å²) in [5, 5.41) is 9.74. The maximum atomic E-state index is 11.5. The van der Waals surface area contributed by atoms with Gasteiger partial charge >= 0.3 is 5.97 Å². The predicted molar refractivity (Wildman–Crippen MR) is 62.0 cm³/mol. The molecule has 1 fully saturated rings. The van der Waals surface area contributed by atoms with E-state index >= 15 is 0 Å². The Morgan fingerprint density at radius 3 is 2.81 bits per heavy atom. The van der Waals surface area contributed by atoms with Gasteiger partial charge in [-0.25, -0.2) is 0 Å². The van der Waals surface area contributed by atoms with Crippen LogP contribution in [0.15, 0.2) is 0 Å². The van der Waals surface area contributed by atoms with Crippen LogP contribution in [0.1, 0.15) is 26.7 Å². The second-order valence-electron chi connectivity index (χ2n) is 4.97. The smallest absolute Gasteiger partial charge is 0.312 e. The van der Waals surface area contributed by atoms with Crippen LogP contribution in [0.5, 0.6) is 0 Å². The maximum Gasteiger partial charge on any atom is 0.312 e. The van der Waals surface area contributed by atoms with Gasteiger partial charge in [0.1, 0.15) is 0 Å². The summed E-state index contributed by atoms with van der Waals surface area (Å²) in [6.07, 6.45) is 1.25. The lowest BCUT2D eigenvalue weighted by atomic mass is 9.94. The first-order valence-corrected chi connectivity index (χ1v) is 6.02. The number of nitrogens with zero attached hydrogens (tertiary/aromatic N) is 1. The van der Waals surface area contributed by atoms with Gasteiger partial charge in [-0.1, -0.05) is 13.8 Å². The number of rotatable bonds is 4. The number of likely N-dealkylation sites (tertiary alicyclic amines) is 1. The second kappa shape index (κ2) is 6.21. The number of ether oxygens (including phenoxy) is 1. The SMILES string of the molecule is COC(=O)C1CN(CCC(C)C)CCC1O. The first-order valence-electron chi connectivity index (χ1n) is 6.02. The Balaban J connectivity index is 2.44. The average Bonchev–Trinajstić information content (AvgIpc) is 2.27. The van der Waals surface area contributed by atoms with Crippen LogP contribution in [-0.4, -0.2) is 48.8 Å². The summed E-state index contributed by atoms with van der Waals surface area (Å²) >= 11 is 0. The summed E-state index contributed by atoms with van der Waals surface area (Å²) in [4.78, 5) is 13.7. The lowest BCUT2D eigenvalue weighted by molar-refractivity contribution is -0.152. The normalized spacial score (nSPS) is 27.1. The quantitative estimate of drug-likeness (QED) is 0.727. The molecule has 16 heavy (non-hydrogen) atoms. The second-order valence-corrected chi connectivity index (χ2v) is 4.97. The highest BCUT2D eigenvalue weighted by atomic mass is 16.5. The minimum Gasteiger partial charge on any atom is -0.469 e. The number of piperidine rings is 1. The zero-order valence-electron chi connectivity index (χ0n) is 10.5. The van der Waals surface area contributed by atoms with Crippen molar-refractivity contribution in [1.29, 1.82) is 0 Å². The molecule has 0 bridgehead atoms. The zero-order chi connectivity index (χ0) is 12.1. The highest BCUT2D eigenvalue weighted by molar-refractivity contribution is 5.73. The van der Waals surface area contributed by atoms with E-state index in [1.165, 1.54) is 7.11 Å². The summed E-state index contributed by atoms with van der Waals surface area (Å²) in [6, 6.07) is 0. The molecule has 0 amide bonds. The Bertz CT molecular complexity index is 230. The molecule has 2 unspecified atom stereocenters. The Hall–Kier alpha value is -0.610. The van der Waals surface area contributed by atoms with Crippen molar-refractivity contribution in [2.45, 2.75) is 32.8 Å². The zero-order valence-corrected chi connectivity index (χ0v) is 10.5. The molecular formula is C12H23NO3. The van der Waals surface area contributed by atoms with E-state index in [1.807, 2.05) is 0 Å². The standard InChI is InChI=1S/C12H23NO3/c1-9(2)4-6-13-7-5-11(14)10(8-13)12(15)16-3/h9-11,14H,4-8H2,1-3H3. The minimum atomic E-state index is -0.539. The molecule has 1 N–H and O–H groups in total. The van der Waals surface area contributed by atoms with Crippen LogP contribution in [0, 0.1) is 11.8 Å². The van der Waals surface area contributed by atoms with Crippen molar-refractivity contribution in [1.82, 2.24) is 4.90 Å². The van der Waals surface area contributed by atoms with Gasteiger partial charge in [-0.2, -0.15) is 0 Å². The first kappa shape index (κ1) is 13.5. The van der Waals surface area contributed by atoms with Crippen LogP contribution in [0.4, 0.5) is 0 Å². The van der Waals surface area contributed by atoms with Crippen LogP contribution < -0.4 is 0 Å². The van der Waals surface area contributed by atoms with Crippen LogP contribution in [0.3, 0.4) is 0 Å². The summed E-state index contributed by atoms with van der Waals surface area (Å²) in [6.45, 7) is 6.88. The van der Waals surface area contributed by atoms with Gasteiger partial charge in [-0.3, -0.25) is 4.79 Å². The van der Waals surface area contributed by atoms with Gasteiger partial charge in [0, 0.05) is 13.1 Å². The largest absolute Gasteiger partial charge is 0.469 e. The average molecular weight is 229 g/mol. The fourth-order valence-electron chi connectivity index (χ4n) is 2.03. The highest BCUT2D eigenvalue weighted by Crippen LogP contribution is 2.19. The van der Waals surface area contributed by atoms with Gasteiger partial charge in [0.15, 0.2) is 0 Å². The number of carbonyl (C=O) groups is 1. The van der Waals surface area contributed by atoms with Crippen molar-refractivity contribution in [3.8, 4) is 0 Å².